The van der Waals surface area contributed by atoms with Gasteiger partial charge in [0, 0.05) is 5.92 Å². The van der Waals surface area contributed by atoms with Gasteiger partial charge in [-0.3, -0.25) is 4.79 Å². The molecule has 0 amide bonds. The van der Waals surface area contributed by atoms with E-state index in [0.29, 0.717) is 6.61 Å². The molecule has 1 atom stereocenters. The van der Waals surface area contributed by atoms with E-state index in [-0.39, 0.29) is 12.3 Å². The Kier molecular flexibility index (Phi) is 3.80. The molecule has 13 heavy (non-hydrogen) atoms. The number of hydrogen-bond acceptors (Lipinski definition) is 2. The topological polar surface area (TPSA) is 46.5 Å². The first-order chi connectivity index (χ1) is 6.24. The van der Waals surface area contributed by atoms with Crippen molar-refractivity contribution in [2.75, 3.05) is 6.61 Å². The van der Waals surface area contributed by atoms with Crippen LogP contribution in [0, 0.1) is 5.92 Å². The van der Waals surface area contributed by atoms with Gasteiger partial charge in [0.25, 0.3) is 0 Å². The highest BCUT2D eigenvalue weighted by Gasteiger charge is 2.21. The summed E-state index contributed by atoms with van der Waals surface area (Å²) >= 11 is 0. The van der Waals surface area contributed by atoms with Gasteiger partial charge in [0.05, 0.1) is 18.8 Å². The average Bonchev–Trinajstić information content (AvgIpc) is 2.08. The SMILES string of the molecule is CCOC1=CCCCC1CC(=O)O. The van der Waals surface area contributed by atoms with Crippen molar-refractivity contribution >= 4 is 5.97 Å². The molecule has 1 rings (SSSR count). The zero-order valence-electron chi connectivity index (χ0n) is 7.95. The van der Waals surface area contributed by atoms with E-state index in [1.54, 1.807) is 0 Å². The normalized spacial score (nSPS) is 22.2. The Hall–Kier alpha value is -0.990. The van der Waals surface area contributed by atoms with Crippen molar-refractivity contribution < 1.29 is 14.6 Å². The quantitative estimate of drug-likeness (QED) is 0.728. The van der Waals surface area contributed by atoms with Crippen LogP contribution in [0.2, 0.25) is 0 Å². The smallest absolute Gasteiger partial charge is 0.304 e. The van der Waals surface area contributed by atoms with Crippen LogP contribution in [0.4, 0.5) is 0 Å². The van der Waals surface area contributed by atoms with Gasteiger partial charge in [0.2, 0.25) is 0 Å². The molecule has 0 aliphatic heterocycles. The number of carbonyl (C=O) groups is 1. The Morgan fingerprint density at radius 1 is 1.77 bits per heavy atom. The fourth-order valence-electron chi connectivity index (χ4n) is 1.67. The standard InChI is InChI=1S/C10H16O3/c1-2-13-9-6-4-3-5-8(9)7-10(11)12/h6,8H,2-5,7H2,1H3,(H,11,12). The first-order valence-electron chi connectivity index (χ1n) is 4.78. The number of allylic oxidation sites excluding steroid dienone is 2. The summed E-state index contributed by atoms with van der Waals surface area (Å²) in [6, 6.07) is 0. The second-order valence-corrected chi connectivity index (χ2v) is 3.27. The monoisotopic (exact) mass is 184 g/mol. The Morgan fingerprint density at radius 3 is 3.15 bits per heavy atom. The van der Waals surface area contributed by atoms with Crippen molar-refractivity contribution in [1.82, 2.24) is 0 Å². The summed E-state index contributed by atoms with van der Waals surface area (Å²) in [6.45, 7) is 2.55. The van der Waals surface area contributed by atoms with Crippen molar-refractivity contribution in [3.8, 4) is 0 Å². The fraction of sp³-hybridized carbons (Fsp3) is 0.700. The second kappa shape index (κ2) is 4.90. The molecule has 1 unspecified atom stereocenters. The fourth-order valence-corrected chi connectivity index (χ4v) is 1.67. The van der Waals surface area contributed by atoms with Crippen molar-refractivity contribution in [3.63, 3.8) is 0 Å². The van der Waals surface area contributed by atoms with Crippen molar-refractivity contribution in [2.24, 2.45) is 5.92 Å². The van der Waals surface area contributed by atoms with E-state index in [4.69, 9.17) is 9.84 Å². The summed E-state index contributed by atoms with van der Waals surface area (Å²) in [6.07, 6.45) is 5.27. The zero-order chi connectivity index (χ0) is 9.68. The highest BCUT2D eigenvalue weighted by Crippen LogP contribution is 2.28. The van der Waals surface area contributed by atoms with Gasteiger partial charge in [-0.25, -0.2) is 0 Å². The van der Waals surface area contributed by atoms with Gasteiger partial charge in [-0.1, -0.05) is 0 Å². The summed E-state index contributed by atoms with van der Waals surface area (Å²) in [5, 5.41) is 8.67. The lowest BCUT2D eigenvalue weighted by atomic mass is 9.91. The Balaban J connectivity index is 2.54. The molecule has 0 aromatic rings. The minimum Gasteiger partial charge on any atom is -0.498 e. The average molecular weight is 184 g/mol. The molecular weight excluding hydrogens is 168 g/mol. The van der Waals surface area contributed by atoms with Gasteiger partial charge in [-0.15, -0.1) is 0 Å². The van der Waals surface area contributed by atoms with Crippen LogP contribution < -0.4 is 0 Å². The lowest BCUT2D eigenvalue weighted by Gasteiger charge is -2.22. The molecule has 0 bridgehead atoms. The van der Waals surface area contributed by atoms with Gasteiger partial charge >= 0.3 is 5.97 Å². The molecule has 0 heterocycles. The molecule has 74 valence electrons. The summed E-state index contributed by atoms with van der Waals surface area (Å²) in [4.78, 5) is 10.5. The maximum Gasteiger partial charge on any atom is 0.304 e. The predicted molar refractivity (Wildman–Crippen MR) is 49.3 cm³/mol. The molecule has 0 radical (unpaired) electrons. The highest BCUT2D eigenvalue weighted by atomic mass is 16.5. The Morgan fingerprint density at radius 2 is 2.54 bits per heavy atom. The first kappa shape index (κ1) is 10.1. The summed E-state index contributed by atoms with van der Waals surface area (Å²) in [5.74, 6) is 0.250. The van der Waals surface area contributed by atoms with Gasteiger partial charge in [0.15, 0.2) is 0 Å². The molecule has 0 saturated carbocycles. The number of rotatable bonds is 4. The molecule has 0 spiro atoms. The lowest BCUT2D eigenvalue weighted by Crippen LogP contribution is -2.15. The number of carboxylic acid groups (broad SMARTS) is 1. The third-order valence-corrected chi connectivity index (χ3v) is 2.24. The molecule has 1 aliphatic carbocycles. The van der Waals surface area contributed by atoms with Crippen LogP contribution in [0.25, 0.3) is 0 Å². The molecule has 3 heteroatoms. The van der Waals surface area contributed by atoms with Crippen LogP contribution in [-0.2, 0) is 9.53 Å². The third kappa shape index (κ3) is 3.09. The van der Waals surface area contributed by atoms with E-state index in [9.17, 15) is 4.79 Å². The lowest BCUT2D eigenvalue weighted by molar-refractivity contribution is -0.138. The van der Waals surface area contributed by atoms with Crippen molar-refractivity contribution in [3.05, 3.63) is 11.8 Å². The van der Waals surface area contributed by atoms with Crippen molar-refractivity contribution in [2.45, 2.75) is 32.6 Å². The van der Waals surface area contributed by atoms with Crippen LogP contribution in [0.1, 0.15) is 32.6 Å². The van der Waals surface area contributed by atoms with Crippen LogP contribution >= 0.6 is 0 Å². The second-order valence-electron chi connectivity index (χ2n) is 3.27. The van der Waals surface area contributed by atoms with E-state index in [0.717, 1.165) is 25.0 Å². The molecular formula is C10H16O3. The maximum atomic E-state index is 10.5. The van der Waals surface area contributed by atoms with Gasteiger partial charge in [0.1, 0.15) is 0 Å². The number of hydrogen-bond donors (Lipinski definition) is 1. The van der Waals surface area contributed by atoms with Crippen LogP contribution in [0.15, 0.2) is 11.8 Å². The summed E-state index contributed by atoms with van der Waals surface area (Å²) in [5.41, 5.74) is 0. The molecule has 0 aromatic carbocycles. The molecule has 0 aromatic heterocycles. The molecule has 3 nitrogen and oxygen atoms in total. The zero-order valence-corrected chi connectivity index (χ0v) is 7.95. The molecule has 1 N–H and O–H groups in total. The van der Waals surface area contributed by atoms with Crippen LogP contribution in [0.5, 0.6) is 0 Å². The third-order valence-electron chi connectivity index (χ3n) is 2.24. The minimum absolute atomic E-state index is 0.103. The van der Waals surface area contributed by atoms with Crippen molar-refractivity contribution in [1.29, 1.82) is 0 Å². The number of ether oxygens (including phenoxy) is 1. The summed E-state index contributed by atoms with van der Waals surface area (Å²) in [7, 11) is 0. The molecule has 0 fully saturated rings. The largest absolute Gasteiger partial charge is 0.498 e. The van der Waals surface area contributed by atoms with Gasteiger partial charge < -0.3 is 9.84 Å². The Labute approximate surface area is 78.4 Å². The van der Waals surface area contributed by atoms with Crippen LogP contribution in [-0.4, -0.2) is 17.7 Å². The minimum atomic E-state index is -0.738. The van der Waals surface area contributed by atoms with E-state index in [1.165, 1.54) is 0 Å². The van der Waals surface area contributed by atoms with E-state index < -0.39 is 5.97 Å². The number of carboxylic acids is 1. The molecule has 1 aliphatic rings. The highest BCUT2D eigenvalue weighted by molar-refractivity contribution is 5.67. The number of aliphatic carboxylic acids is 1. The van der Waals surface area contributed by atoms with E-state index in [1.807, 2.05) is 13.0 Å². The predicted octanol–water partition coefficient (Wildman–Crippen LogP) is 2.18. The Bertz CT molecular complexity index is 208. The van der Waals surface area contributed by atoms with E-state index in [2.05, 4.69) is 0 Å². The van der Waals surface area contributed by atoms with E-state index >= 15 is 0 Å². The van der Waals surface area contributed by atoms with Gasteiger partial charge in [-0.2, -0.15) is 0 Å². The summed E-state index contributed by atoms with van der Waals surface area (Å²) < 4.78 is 5.39. The van der Waals surface area contributed by atoms with Gasteiger partial charge in [-0.05, 0) is 32.3 Å². The first-order valence-corrected chi connectivity index (χ1v) is 4.78. The van der Waals surface area contributed by atoms with Crippen LogP contribution in [0.3, 0.4) is 0 Å². The maximum absolute atomic E-state index is 10.5. The molecule has 0 saturated heterocycles.